The second-order valence-electron chi connectivity index (χ2n) is 6.08. The van der Waals surface area contributed by atoms with Crippen LogP contribution in [0.4, 0.5) is 5.69 Å². The van der Waals surface area contributed by atoms with Crippen LogP contribution in [0.5, 0.6) is 5.75 Å². The smallest absolute Gasteiger partial charge is 0.251 e. The van der Waals surface area contributed by atoms with Crippen molar-refractivity contribution < 1.29 is 17.9 Å². The first kappa shape index (κ1) is 20.8. The highest BCUT2D eigenvalue weighted by atomic mass is 32.2. The van der Waals surface area contributed by atoms with Gasteiger partial charge in [0.2, 0.25) is 10.0 Å². The predicted octanol–water partition coefficient (Wildman–Crippen LogP) is 2.84. The van der Waals surface area contributed by atoms with Gasteiger partial charge in [-0.2, -0.15) is 0 Å². The van der Waals surface area contributed by atoms with Crippen molar-refractivity contribution >= 4 is 21.6 Å². The molecule has 0 radical (unpaired) electrons. The molecule has 6 nitrogen and oxygen atoms in total. The highest BCUT2D eigenvalue weighted by Crippen LogP contribution is 2.18. The number of hydrogen-bond donors (Lipinski definition) is 1. The molecule has 0 atom stereocenters. The van der Waals surface area contributed by atoms with Crippen LogP contribution in [0, 0.1) is 0 Å². The standard InChI is InChI=1S/C20H26N2O4S/c1-4-16-6-12-19(13-7-16)26-15-14-21-20(23)17-8-10-18(11-9-17)22(5-2)27(3,24)25/h6-13H,4-5,14-15H2,1-3H3,(H,21,23). The van der Waals surface area contributed by atoms with Crippen LogP contribution in [0.25, 0.3) is 0 Å². The average molecular weight is 391 g/mol. The zero-order valence-electron chi connectivity index (χ0n) is 15.9. The van der Waals surface area contributed by atoms with Gasteiger partial charge in [0.1, 0.15) is 12.4 Å². The summed E-state index contributed by atoms with van der Waals surface area (Å²) < 4.78 is 30.4. The van der Waals surface area contributed by atoms with E-state index < -0.39 is 10.0 Å². The lowest BCUT2D eigenvalue weighted by Crippen LogP contribution is -2.30. The second kappa shape index (κ2) is 9.41. The van der Waals surface area contributed by atoms with E-state index in [2.05, 4.69) is 12.2 Å². The minimum absolute atomic E-state index is 0.228. The summed E-state index contributed by atoms with van der Waals surface area (Å²) >= 11 is 0. The number of carbonyl (C=O) groups is 1. The van der Waals surface area contributed by atoms with Gasteiger partial charge in [0.15, 0.2) is 0 Å². The van der Waals surface area contributed by atoms with E-state index in [0.29, 0.717) is 30.9 Å². The Morgan fingerprint density at radius 1 is 1.04 bits per heavy atom. The van der Waals surface area contributed by atoms with Crippen molar-refractivity contribution in [3.05, 3.63) is 59.7 Å². The largest absolute Gasteiger partial charge is 0.492 e. The van der Waals surface area contributed by atoms with Gasteiger partial charge in [-0.3, -0.25) is 9.10 Å². The van der Waals surface area contributed by atoms with E-state index in [1.807, 2.05) is 24.3 Å². The zero-order valence-corrected chi connectivity index (χ0v) is 16.8. The van der Waals surface area contributed by atoms with Gasteiger partial charge in [-0.1, -0.05) is 19.1 Å². The SMILES string of the molecule is CCc1ccc(OCCNC(=O)c2ccc(N(CC)S(C)(=O)=O)cc2)cc1. The molecule has 0 saturated carbocycles. The highest BCUT2D eigenvalue weighted by Gasteiger charge is 2.15. The lowest BCUT2D eigenvalue weighted by atomic mass is 10.2. The number of nitrogens with zero attached hydrogens (tertiary/aromatic N) is 1. The van der Waals surface area contributed by atoms with Gasteiger partial charge >= 0.3 is 0 Å². The topological polar surface area (TPSA) is 75.7 Å². The maximum absolute atomic E-state index is 12.2. The quantitative estimate of drug-likeness (QED) is 0.668. The van der Waals surface area contributed by atoms with E-state index in [1.54, 1.807) is 31.2 Å². The predicted molar refractivity (Wildman–Crippen MR) is 108 cm³/mol. The van der Waals surface area contributed by atoms with Crippen molar-refractivity contribution in [2.45, 2.75) is 20.3 Å². The van der Waals surface area contributed by atoms with Crippen LogP contribution >= 0.6 is 0 Å². The Morgan fingerprint density at radius 3 is 2.19 bits per heavy atom. The molecule has 0 fully saturated rings. The monoisotopic (exact) mass is 390 g/mol. The Bertz CT molecular complexity index is 847. The summed E-state index contributed by atoms with van der Waals surface area (Å²) in [5.41, 5.74) is 2.25. The summed E-state index contributed by atoms with van der Waals surface area (Å²) in [5, 5.41) is 2.79. The fraction of sp³-hybridized carbons (Fsp3) is 0.350. The van der Waals surface area contributed by atoms with Gasteiger partial charge in [0.25, 0.3) is 5.91 Å². The molecule has 0 aromatic heterocycles. The number of nitrogens with one attached hydrogen (secondary N) is 1. The Balaban J connectivity index is 1.85. The summed E-state index contributed by atoms with van der Waals surface area (Å²) in [6.07, 6.45) is 2.14. The van der Waals surface area contributed by atoms with Crippen LogP contribution in [0.1, 0.15) is 29.8 Å². The highest BCUT2D eigenvalue weighted by molar-refractivity contribution is 7.92. The van der Waals surface area contributed by atoms with Gasteiger partial charge in [-0.25, -0.2) is 8.42 Å². The van der Waals surface area contributed by atoms with E-state index in [-0.39, 0.29) is 5.91 Å². The third-order valence-corrected chi connectivity index (χ3v) is 5.36. The Kier molecular flexibility index (Phi) is 7.24. The first-order valence-electron chi connectivity index (χ1n) is 8.92. The molecule has 0 aliphatic carbocycles. The van der Waals surface area contributed by atoms with Crippen LogP contribution in [0.2, 0.25) is 0 Å². The van der Waals surface area contributed by atoms with Gasteiger partial charge in [-0.15, -0.1) is 0 Å². The minimum atomic E-state index is -3.33. The second-order valence-corrected chi connectivity index (χ2v) is 7.98. The van der Waals surface area contributed by atoms with E-state index in [0.717, 1.165) is 18.4 Å². The lowest BCUT2D eigenvalue weighted by molar-refractivity contribution is 0.0947. The van der Waals surface area contributed by atoms with E-state index in [1.165, 1.54) is 9.87 Å². The lowest BCUT2D eigenvalue weighted by Gasteiger charge is -2.20. The maximum Gasteiger partial charge on any atom is 0.251 e. The number of benzene rings is 2. The van der Waals surface area contributed by atoms with Crippen molar-refractivity contribution in [3.8, 4) is 5.75 Å². The summed E-state index contributed by atoms with van der Waals surface area (Å²) in [6.45, 7) is 4.94. The molecule has 0 bridgehead atoms. The molecule has 0 aliphatic heterocycles. The molecule has 0 unspecified atom stereocenters. The zero-order chi connectivity index (χ0) is 19.9. The fourth-order valence-electron chi connectivity index (χ4n) is 2.64. The molecule has 1 amide bonds. The summed E-state index contributed by atoms with van der Waals surface area (Å²) in [6, 6.07) is 14.4. The third-order valence-electron chi connectivity index (χ3n) is 4.09. The molecule has 0 aliphatic rings. The van der Waals surface area contributed by atoms with Crippen molar-refractivity contribution in [1.82, 2.24) is 5.32 Å². The number of sulfonamides is 1. The first-order valence-corrected chi connectivity index (χ1v) is 10.8. The summed E-state index contributed by atoms with van der Waals surface area (Å²) in [4.78, 5) is 12.2. The van der Waals surface area contributed by atoms with Crippen LogP contribution in [0.15, 0.2) is 48.5 Å². The van der Waals surface area contributed by atoms with E-state index >= 15 is 0 Å². The molecule has 7 heteroatoms. The number of amides is 1. The van der Waals surface area contributed by atoms with Crippen LogP contribution in [0.3, 0.4) is 0 Å². The molecule has 0 heterocycles. The number of hydrogen-bond acceptors (Lipinski definition) is 4. The van der Waals surface area contributed by atoms with Crippen molar-refractivity contribution in [2.24, 2.45) is 0 Å². The molecule has 1 N–H and O–H groups in total. The molecule has 2 aromatic rings. The molecule has 0 saturated heterocycles. The normalized spacial score (nSPS) is 11.1. The first-order chi connectivity index (χ1) is 12.8. The van der Waals surface area contributed by atoms with Gasteiger partial charge in [0.05, 0.1) is 18.5 Å². The van der Waals surface area contributed by atoms with E-state index in [9.17, 15) is 13.2 Å². The number of rotatable bonds is 9. The Hall–Kier alpha value is -2.54. The van der Waals surface area contributed by atoms with Crippen molar-refractivity contribution in [1.29, 1.82) is 0 Å². The number of aryl methyl sites for hydroxylation is 1. The molecule has 27 heavy (non-hydrogen) atoms. The molecule has 0 spiro atoms. The average Bonchev–Trinajstić information content (AvgIpc) is 2.65. The van der Waals surface area contributed by atoms with E-state index in [4.69, 9.17) is 4.74 Å². The molecule has 146 valence electrons. The summed E-state index contributed by atoms with van der Waals surface area (Å²) in [7, 11) is -3.33. The number of carbonyl (C=O) groups excluding carboxylic acids is 1. The Morgan fingerprint density at radius 2 is 1.67 bits per heavy atom. The van der Waals surface area contributed by atoms with Crippen LogP contribution < -0.4 is 14.4 Å². The van der Waals surface area contributed by atoms with Gasteiger partial charge in [0, 0.05) is 12.1 Å². The van der Waals surface area contributed by atoms with Crippen molar-refractivity contribution in [2.75, 3.05) is 30.3 Å². The van der Waals surface area contributed by atoms with Crippen LogP contribution in [-0.4, -0.2) is 40.3 Å². The van der Waals surface area contributed by atoms with Gasteiger partial charge < -0.3 is 10.1 Å². The molecular formula is C20H26N2O4S. The summed E-state index contributed by atoms with van der Waals surface area (Å²) in [5.74, 6) is 0.542. The van der Waals surface area contributed by atoms with Crippen molar-refractivity contribution in [3.63, 3.8) is 0 Å². The maximum atomic E-state index is 12.2. The molecule has 2 rings (SSSR count). The third kappa shape index (κ3) is 5.99. The minimum Gasteiger partial charge on any atom is -0.492 e. The Labute approximate surface area is 161 Å². The number of ether oxygens (including phenoxy) is 1. The fourth-order valence-corrected chi connectivity index (χ4v) is 3.62. The molecular weight excluding hydrogens is 364 g/mol. The molecule has 2 aromatic carbocycles. The van der Waals surface area contributed by atoms with Crippen LogP contribution in [-0.2, 0) is 16.4 Å². The van der Waals surface area contributed by atoms with Gasteiger partial charge in [-0.05, 0) is 55.3 Å². The number of anilines is 1.